The summed E-state index contributed by atoms with van der Waals surface area (Å²) in [4.78, 5) is 16.2. The molecule has 2 fully saturated rings. The number of hydrogen-bond donors (Lipinski definition) is 1. The van der Waals surface area contributed by atoms with Crippen molar-refractivity contribution in [1.29, 1.82) is 0 Å². The number of fused-ring (bicyclic) bond motifs is 4. The molecule has 0 radical (unpaired) electrons. The number of carbonyl (C=O) groups is 1. The van der Waals surface area contributed by atoms with Crippen molar-refractivity contribution in [3.05, 3.63) is 70.3 Å². The SMILES string of the molecule is CO[C@H]1/C=C\C[C@H](OC)[C@@H](C[C@H]2CCCO2)S(=O)(=O)NC(=O)c2ccc3c(c2)N(C[C@@H]2CC[C@H]21)C[C@@]1(CCCc2cc(Cl)ccc21)CO3. The van der Waals surface area contributed by atoms with Crippen molar-refractivity contribution in [3.8, 4) is 5.75 Å². The summed E-state index contributed by atoms with van der Waals surface area (Å²) in [5.41, 5.74) is 3.37. The second kappa shape index (κ2) is 13.9. The minimum atomic E-state index is -4.15. The molecule has 2 aromatic rings. The van der Waals surface area contributed by atoms with Gasteiger partial charge in [-0.3, -0.25) is 4.79 Å². The Kier molecular flexibility index (Phi) is 9.83. The highest BCUT2D eigenvalue weighted by atomic mass is 35.5. The van der Waals surface area contributed by atoms with Gasteiger partial charge in [0.25, 0.3) is 5.91 Å². The summed E-state index contributed by atoms with van der Waals surface area (Å²) < 4.78 is 54.8. The van der Waals surface area contributed by atoms with Crippen LogP contribution in [0.25, 0.3) is 0 Å². The quantitative estimate of drug-likeness (QED) is 0.399. The monoisotopic (exact) mass is 698 g/mol. The number of aryl methyl sites for hydroxylation is 1. The third-order valence-electron chi connectivity index (χ3n) is 11.5. The maximum absolute atomic E-state index is 14.0. The summed E-state index contributed by atoms with van der Waals surface area (Å²) in [5, 5.41) is -0.241. The highest BCUT2D eigenvalue weighted by Crippen LogP contribution is 2.47. The van der Waals surface area contributed by atoms with Crippen molar-refractivity contribution in [3.63, 3.8) is 0 Å². The lowest BCUT2D eigenvalue weighted by Crippen LogP contribution is -2.49. The van der Waals surface area contributed by atoms with Crippen LogP contribution in [0.2, 0.25) is 5.02 Å². The van der Waals surface area contributed by atoms with Gasteiger partial charge in [0.2, 0.25) is 10.0 Å². The summed E-state index contributed by atoms with van der Waals surface area (Å²) in [6, 6.07) is 11.5. The fourth-order valence-corrected chi connectivity index (χ4v) is 10.6. The molecule has 1 saturated carbocycles. The normalized spacial score (nSPS) is 33.8. The van der Waals surface area contributed by atoms with Crippen LogP contribution >= 0.6 is 11.6 Å². The van der Waals surface area contributed by atoms with Crippen molar-refractivity contribution < 1.29 is 32.2 Å². The van der Waals surface area contributed by atoms with E-state index in [1.54, 1.807) is 19.2 Å². The highest BCUT2D eigenvalue weighted by Gasteiger charge is 2.45. The van der Waals surface area contributed by atoms with E-state index in [0.29, 0.717) is 43.8 Å². The molecule has 260 valence electrons. The van der Waals surface area contributed by atoms with Crippen molar-refractivity contribution in [2.45, 2.75) is 86.8 Å². The molecule has 2 bridgehead atoms. The van der Waals surface area contributed by atoms with Crippen LogP contribution in [0.5, 0.6) is 5.75 Å². The van der Waals surface area contributed by atoms with E-state index in [-0.39, 0.29) is 29.6 Å². The Morgan fingerprint density at radius 1 is 1.08 bits per heavy atom. The maximum atomic E-state index is 14.0. The maximum Gasteiger partial charge on any atom is 0.264 e. The van der Waals surface area contributed by atoms with Gasteiger partial charge in [-0.1, -0.05) is 29.8 Å². The zero-order valence-electron chi connectivity index (χ0n) is 27.9. The van der Waals surface area contributed by atoms with Gasteiger partial charge in [0.05, 0.1) is 30.6 Å². The van der Waals surface area contributed by atoms with Gasteiger partial charge < -0.3 is 23.8 Å². The minimum Gasteiger partial charge on any atom is -0.490 e. The molecule has 1 saturated heterocycles. The molecule has 7 atom stereocenters. The highest BCUT2D eigenvalue weighted by molar-refractivity contribution is 7.90. The van der Waals surface area contributed by atoms with Crippen molar-refractivity contribution >= 4 is 33.2 Å². The van der Waals surface area contributed by atoms with Crippen molar-refractivity contribution in [1.82, 2.24) is 4.72 Å². The number of amides is 1. The van der Waals surface area contributed by atoms with Crippen LogP contribution in [0.3, 0.4) is 0 Å². The second-order valence-electron chi connectivity index (χ2n) is 14.3. The Hall–Kier alpha value is -2.63. The molecule has 1 spiro atoms. The van der Waals surface area contributed by atoms with Crippen LogP contribution in [-0.4, -0.2) is 78.4 Å². The van der Waals surface area contributed by atoms with Crippen LogP contribution in [0, 0.1) is 11.8 Å². The lowest BCUT2D eigenvalue weighted by atomic mass is 9.68. The number of hydrogen-bond acceptors (Lipinski definition) is 8. The Balaban J connectivity index is 1.28. The Labute approximate surface area is 289 Å². The number of methoxy groups -OCH3 is 2. The molecule has 7 rings (SSSR count). The van der Waals surface area contributed by atoms with Gasteiger partial charge in [-0.2, -0.15) is 0 Å². The standard InChI is InChI=1S/C37H47ClN2O7S/c1-44-32-8-3-9-34(45-2)35(20-28-7-5-17-46-28)48(42,43)39-36(41)25-11-15-33-31(19-25)40(21-26-10-13-29(26)32)22-37(23-47-33)16-4-6-24-18-27(38)12-14-30(24)37/h3,8,11-12,14-15,18-19,26,28-29,32,34-35H,4-7,9-10,13,16-17,20-23H2,1-2H3,(H,39,41)/b8-3-/t26-,28+,29+,32-,34-,35+,37-/m0/s1. The number of halogens is 1. The Bertz CT molecular complexity index is 1640. The van der Waals surface area contributed by atoms with Crippen molar-refractivity contribution in [2.24, 2.45) is 11.8 Å². The third-order valence-corrected chi connectivity index (χ3v) is 13.5. The second-order valence-corrected chi connectivity index (χ2v) is 16.6. The molecule has 48 heavy (non-hydrogen) atoms. The van der Waals surface area contributed by atoms with E-state index >= 15 is 0 Å². The van der Waals surface area contributed by atoms with Gasteiger partial charge in [-0.25, -0.2) is 13.1 Å². The molecule has 3 aliphatic heterocycles. The number of benzene rings is 2. The van der Waals surface area contributed by atoms with E-state index in [2.05, 4.69) is 27.8 Å². The first kappa shape index (κ1) is 33.8. The van der Waals surface area contributed by atoms with E-state index in [9.17, 15) is 13.2 Å². The zero-order chi connectivity index (χ0) is 33.5. The van der Waals surface area contributed by atoms with Gasteiger partial charge in [0.1, 0.15) is 11.0 Å². The first-order chi connectivity index (χ1) is 23.2. The number of rotatable bonds is 4. The molecule has 9 nitrogen and oxygen atoms in total. The number of anilines is 1. The van der Waals surface area contributed by atoms with Crippen LogP contribution in [0.4, 0.5) is 5.69 Å². The summed E-state index contributed by atoms with van der Waals surface area (Å²) in [7, 11) is -0.877. The van der Waals surface area contributed by atoms with Gasteiger partial charge >= 0.3 is 0 Å². The summed E-state index contributed by atoms with van der Waals surface area (Å²) >= 11 is 6.44. The van der Waals surface area contributed by atoms with E-state index < -0.39 is 27.3 Å². The van der Waals surface area contributed by atoms with E-state index in [1.807, 2.05) is 18.2 Å². The summed E-state index contributed by atoms with van der Waals surface area (Å²) in [6.45, 7) is 2.60. The van der Waals surface area contributed by atoms with Gasteiger partial charge in [-0.05, 0) is 111 Å². The molecule has 5 aliphatic rings. The smallest absolute Gasteiger partial charge is 0.264 e. The first-order valence-electron chi connectivity index (χ1n) is 17.4. The molecule has 1 amide bonds. The fourth-order valence-electron chi connectivity index (χ4n) is 8.77. The van der Waals surface area contributed by atoms with E-state index in [1.165, 1.54) is 18.2 Å². The predicted molar refractivity (Wildman–Crippen MR) is 186 cm³/mol. The Morgan fingerprint density at radius 2 is 1.96 bits per heavy atom. The molecular weight excluding hydrogens is 652 g/mol. The molecule has 0 aromatic heterocycles. The number of nitrogens with zero attached hydrogens (tertiary/aromatic N) is 1. The fraction of sp³-hybridized carbons (Fsp3) is 0.595. The molecule has 2 aliphatic carbocycles. The summed E-state index contributed by atoms with van der Waals surface area (Å²) in [5.74, 6) is 0.708. The molecule has 0 unspecified atom stereocenters. The average Bonchev–Trinajstić information content (AvgIpc) is 3.53. The number of carbonyl (C=O) groups excluding carboxylic acids is 1. The van der Waals surface area contributed by atoms with E-state index in [4.69, 9.17) is 30.5 Å². The van der Waals surface area contributed by atoms with Gasteiger partial charge in [0.15, 0.2) is 0 Å². The molecule has 11 heteroatoms. The first-order valence-corrected chi connectivity index (χ1v) is 19.3. The number of sulfonamides is 1. The van der Waals surface area contributed by atoms with Gasteiger partial charge in [-0.15, -0.1) is 0 Å². The predicted octanol–water partition coefficient (Wildman–Crippen LogP) is 5.83. The van der Waals surface area contributed by atoms with E-state index in [0.717, 1.165) is 62.2 Å². The van der Waals surface area contributed by atoms with Crippen LogP contribution in [-0.2, 0) is 36.1 Å². The summed E-state index contributed by atoms with van der Waals surface area (Å²) in [6.07, 6.45) is 10.5. The lowest BCUT2D eigenvalue weighted by molar-refractivity contribution is 0.0128. The number of ether oxygens (including phenoxy) is 4. The van der Waals surface area contributed by atoms with Gasteiger partial charge in [0, 0.05) is 49.9 Å². The molecule has 2 aromatic carbocycles. The number of nitrogens with one attached hydrogen (secondary N) is 1. The largest absolute Gasteiger partial charge is 0.490 e. The third kappa shape index (κ3) is 6.63. The average molecular weight is 699 g/mol. The lowest BCUT2D eigenvalue weighted by Gasteiger charge is -2.46. The molecule has 3 heterocycles. The zero-order valence-corrected chi connectivity index (χ0v) is 29.4. The minimum absolute atomic E-state index is 0.109. The van der Waals surface area contributed by atoms with Crippen molar-refractivity contribution in [2.75, 3.05) is 45.4 Å². The van der Waals surface area contributed by atoms with Crippen LogP contribution in [0.15, 0.2) is 48.6 Å². The molecule has 1 N–H and O–H groups in total. The molecular formula is C37H47ClN2O7S. The topological polar surface area (TPSA) is 103 Å². The Morgan fingerprint density at radius 3 is 2.71 bits per heavy atom. The van der Waals surface area contributed by atoms with Crippen LogP contribution in [0.1, 0.15) is 72.9 Å². The van der Waals surface area contributed by atoms with Crippen LogP contribution < -0.4 is 14.4 Å².